The van der Waals surface area contributed by atoms with E-state index in [0.717, 1.165) is 6.92 Å². The number of carboxylic acids is 1. The van der Waals surface area contributed by atoms with Gasteiger partial charge in [-0.1, -0.05) is 0 Å². The second-order valence-electron chi connectivity index (χ2n) is 0.492. The zero-order valence-electron chi connectivity index (χ0n) is 3.02. The van der Waals surface area contributed by atoms with Crippen LogP contribution in [0.4, 0.5) is 0 Å². The third kappa shape index (κ3) is 2060. The second kappa shape index (κ2) is 4.09. The van der Waals surface area contributed by atoms with Gasteiger partial charge in [-0.15, -0.1) is 0 Å². The van der Waals surface area contributed by atoms with Crippen molar-refractivity contribution in [3.63, 3.8) is 0 Å². The van der Waals surface area contributed by atoms with Crippen LogP contribution in [0.5, 0.6) is 0 Å². The molecule has 3 heteroatoms. The topological polar surface area (TPSA) is 40.1 Å². The van der Waals surface area contributed by atoms with Crippen molar-refractivity contribution in [2.75, 3.05) is 0 Å². The summed E-state index contributed by atoms with van der Waals surface area (Å²) in [6, 6.07) is 0. The summed E-state index contributed by atoms with van der Waals surface area (Å²) in [7, 11) is 0. The molecule has 0 atom stereocenters. The van der Waals surface area contributed by atoms with E-state index in [0.29, 0.717) is 0 Å². The molecule has 0 aliphatic rings. The van der Waals surface area contributed by atoms with Crippen LogP contribution in [0.3, 0.4) is 0 Å². The van der Waals surface area contributed by atoms with Gasteiger partial charge in [0.2, 0.25) is 0 Å². The number of hydrogen-bond acceptors (Lipinski definition) is 2. The summed E-state index contributed by atoms with van der Waals surface area (Å²) >= 11 is 0. The van der Waals surface area contributed by atoms with Crippen molar-refractivity contribution in [3.05, 3.63) is 0 Å². The van der Waals surface area contributed by atoms with Gasteiger partial charge in [-0.05, 0) is 6.92 Å². The molecule has 24 valence electrons. The molecule has 0 saturated carbocycles. The molecule has 0 spiro atoms. The number of carbonyl (C=O) groups is 1. The summed E-state index contributed by atoms with van der Waals surface area (Å²) in [5.41, 5.74) is 0. The Morgan fingerprint density at radius 2 is 1.80 bits per heavy atom. The molecule has 0 N–H and O–H groups in total. The van der Waals surface area contributed by atoms with Gasteiger partial charge >= 0.3 is 19.5 Å². The van der Waals surface area contributed by atoms with Crippen LogP contribution in [-0.2, 0) is 24.3 Å². The van der Waals surface area contributed by atoms with Crippen LogP contribution in [0.2, 0.25) is 0 Å². The molecule has 0 saturated heterocycles. The fourth-order valence-electron chi connectivity index (χ4n) is 0. The minimum Gasteiger partial charge on any atom is -0.550 e. The maximum Gasteiger partial charge on any atom is 2.00 e. The van der Waals surface area contributed by atoms with Crippen LogP contribution in [0.25, 0.3) is 0 Å². The number of hydrogen-bond donors (Lipinski definition) is 0. The van der Waals surface area contributed by atoms with Crippen LogP contribution >= 0.6 is 0 Å². The standard InChI is InChI=1S/C2H4O2.Zn/c1-2(3)4;/h1H3,(H,3,4);/q;+2/p-1. The van der Waals surface area contributed by atoms with Crippen molar-refractivity contribution in [2.45, 2.75) is 6.92 Å². The Morgan fingerprint density at radius 3 is 1.80 bits per heavy atom. The van der Waals surface area contributed by atoms with Crippen molar-refractivity contribution < 1.29 is 29.4 Å². The fourth-order valence-corrected chi connectivity index (χ4v) is 0. The molecule has 0 aliphatic heterocycles. The van der Waals surface area contributed by atoms with Gasteiger partial charge in [0.25, 0.3) is 0 Å². The van der Waals surface area contributed by atoms with Gasteiger partial charge in [-0.2, -0.15) is 0 Å². The Kier molecular flexibility index (Phi) is 7.30. The smallest absolute Gasteiger partial charge is 0.550 e. The first-order valence-corrected chi connectivity index (χ1v) is 0.908. The molecule has 0 aromatic rings. The third-order valence-corrected chi connectivity index (χ3v) is 0. The van der Waals surface area contributed by atoms with Gasteiger partial charge in [0, 0.05) is 5.97 Å². The predicted octanol–water partition coefficient (Wildman–Crippen LogP) is -1.25. The minimum absolute atomic E-state index is 0. The summed E-state index contributed by atoms with van der Waals surface area (Å²) in [5.74, 6) is -1.08. The van der Waals surface area contributed by atoms with E-state index in [2.05, 4.69) is 0 Å². The Bertz CT molecular complexity index is 30.6. The summed E-state index contributed by atoms with van der Waals surface area (Å²) in [6.45, 7) is 0.972. The van der Waals surface area contributed by atoms with E-state index in [-0.39, 0.29) is 19.5 Å². The van der Waals surface area contributed by atoms with Gasteiger partial charge in [-0.25, -0.2) is 0 Å². The molecule has 0 unspecified atom stereocenters. The molecule has 0 radical (unpaired) electrons. The average molecular weight is 124 g/mol. The Morgan fingerprint density at radius 1 is 1.80 bits per heavy atom. The van der Waals surface area contributed by atoms with Gasteiger partial charge in [0.15, 0.2) is 0 Å². The van der Waals surface area contributed by atoms with Gasteiger partial charge in [-0.3, -0.25) is 0 Å². The van der Waals surface area contributed by atoms with Crippen LogP contribution in [0.1, 0.15) is 6.92 Å². The van der Waals surface area contributed by atoms with Crippen molar-refractivity contribution in [1.29, 1.82) is 0 Å². The zero-order chi connectivity index (χ0) is 3.58. The van der Waals surface area contributed by atoms with E-state index in [4.69, 9.17) is 9.90 Å². The van der Waals surface area contributed by atoms with Crippen LogP contribution in [0, 0.1) is 0 Å². The summed E-state index contributed by atoms with van der Waals surface area (Å²) in [4.78, 5) is 8.89. The molecular formula is C2H3O2Zn+. The van der Waals surface area contributed by atoms with Gasteiger partial charge in [0.1, 0.15) is 0 Å². The zero-order valence-corrected chi connectivity index (χ0v) is 5.99. The summed E-state index contributed by atoms with van der Waals surface area (Å²) < 4.78 is 0. The van der Waals surface area contributed by atoms with E-state index < -0.39 is 5.97 Å². The molecule has 2 nitrogen and oxygen atoms in total. The molecular weight excluding hydrogens is 121 g/mol. The average Bonchev–Trinajstić information content (AvgIpc) is 0.811. The molecule has 0 aromatic carbocycles. The molecule has 0 aliphatic carbocycles. The first-order chi connectivity index (χ1) is 1.73. The van der Waals surface area contributed by atoms with Crippen molar-refractivity contribution >= 4 is 5.97 Å². The van der Waals surface area contributed by atoms with Crippen molar-refractivity contribution in [1.82, 2.24) is 0 Å². The molecule has 5 heavy (non-hydrogen) atoms. The maximum atomic E-state index is 8.89. The minimum atomic E-state index is -1.08. The quantitative estimate of drug-likeness (QED) is 0.379. The van der Waals surface area contributed by atoms with E-state index in [1.54, 1.807) is 0 Å². The predicted molar refractivity (Wildman–Crippen MR) is 10.7 cm³/mol. The number of carbonyl (C=O) groups excluding carboxylic acids is 1. The largest absolute Gasteiger partial charge is 2.00 e. The first kappa shape index (κ1) is 8.92. The van der Waals surface area contributed by atoms with E-state index in [9.17, 15) is 0 Å². The number of carboxylic acid groups (broad SMARTS) is 1. The Balaban J connectivity index is 0. The second-order valence-corrected chi connectivity index (χ2v) is 0.492. The van der Waals surface area contributed by atoms with E-state index in [1.807, 2.05) is 0 Å². The van der Waals surface area contributed by atoms with Crippen molar-refractivity contribution in [3.8, 4) is 0 Å². The van der Waals surface area contributed by atoms with Crippen LogP contribution in [-0.4, -0.2) is 5.97 Å². The van der Waals surface area contributed by atoms with Crippen molar-refractivity contribution in [2.24, 2.45) is 0 Å². The van der Waals surface area contributed by atoms with Crippen LogP contribution in [0.15, 0.2) is 0 Å². The van der Waals surface area contributed by atoms with Crippen LogP contribution < -0.4 is 5.11 Å². The Labute approximate surface area is 42.9 Å². The SMILES string of the molecule is CC(=O)[O-].[Zn+2]. The molecule has 0 amide bonds. The maximum absolute atomic E-state index is 8.89. The summed E-state index contributed by atoms with van der Waals surface area (Å²) in [6.07, 6.45) is 0. The molecule has 0 aromatic heterocycles. The molecule has 0 heterocycles. The first-order valence-electron chi connectivity index (χ1n) is 0.908. The van der Waals surface area contributed by atoms with E-state index >= 15 is 0 Å². The number of rotatable bonds is 0. The Hall–Kier alpha value is 0.0934. The van der Waals surface area contributed by atoms with Gasteiger partial charge in [0.05, 0.1) is 0 Å². The number of aliphatic carboxylic acids is 1. The summed E-state index contributed by atoms with van der Waals surface area (Å²) in [5, 5.41) is 8.89. The van der Waals surface area contributed by atoms with Gasteiger partial charge < -0.3 is 9.90 Å². The normalized spacial score (nSPS) is 5.00. The fraction of sp³-hybridized carbons (Fsp3) is 0.500. The van der Waals surface area contributed by atoms with E-state index in [1.165, 1.54) is 0 Å². The molecule has 0 rings (SSSR count). The third-order valence-electron chi connectivity index (χ3n) is 0. The molecule has 0 fully saturated rings. The monoisotopic (exact) mass is 123 g/mol. The molecule has 0 bridgehead atoms.